The lowest BCUT2D eigenvalue weighted by atomic mass is 10.1. The summed E-state index contributed by atoms with van der Waals surface area (Å²) in [6.07, 6.45) is -0.316. The van der Waals surface area contributed by atoms with E-state index in [0.29, 0.717) is 21.3 Å². The molecule has 0 atom stereocenters. The largest absolute Gasteiger partial charge is 0.481 e. The number of anilines is 1. The first-order valence-electron chi connectivity index (χ1n) is 8.99. The number of nitrogens with zero attached hydrogens (tertiary/aromatic N) is 1. The van der Waals surface area contributed by atoms with Crippen LogP contribution >= 0.6 is 22.9 Å². The van der Waals surface area contributed by atoms with E-state index in [-0.39, 0.29) is 24.7 Å². The smallest absolute Gasteiger partial charge is 0.303 e. The number of carbonyl (C=O) groups is 3. The van der Waals surface area contributed by atoms with E-state index in [9.17, 15) is 14.4 Å². The highest BCUT2D eigenvalue weighted by atomic mass is 35.5. The second-order valence-electron chi connectivity index (χ2n) is 6.40. The molecule has 0 saturated carbocycles. The fourth-order valence-electron chi connectivity index (χ4n) is 2.65. The van der Waals surface area contributed by atoms with Gasteiger partial charge in [-0.15, -0.1) is 11.3 Å². The molecule has 9 heteroatoms. The number of nitrogens with one attached hydrogen (secondary N) is 2. The molecule has 2 amide bonds. The molecule has 0 aliphatic rings. The predicted molar refractivity (Wildman–Crippen MR) is 118 cm³/mol. The van der Waals surface area contributed by atoms with Crippen molar-refractivity contribution in [1.82, 2.24) is 5.43 Å². The van der Waals surface area contributed by atoms with Crippen LogP contribution in [0.3, 0.4) is 0 Å². The van der Waals surface area contributed by atoms with Gasteiger partial charge in [0.25, 0.3) is 5.91 Å². The number of carbonyl (C=O) groups excluding carboxylic acids is 2. The fraction of sp³-hybridized carbons (Fsp3) is 0.143. The average molecular weight is 444 g/mol. The van der Waals surface area contributed by atoms with E-state index in [1.54, 1.807) is 31.2 Å². The minimum atomic E-state index is -1.02. The normalized spacial score (nSPS) is 11.3. The quantitative estimate of drug-likeness (QED) is 0.368. The number of carboxylic acid groups (broad SMARTS) is 1. The van der Waals surface area contributed by atoms with Crippen LogP contribution in [0.5, 0.6) is 0 Å². The molecule has 0 spiro atoms. The molecule has 0 bridgehead atoms. The lowest BCUT2D eigenvalue weighted by molar-refractivity contribution is -0.138. The van der Waals surface area contributed by atoms with Crippen molar-refractivity contribution >= 4 is 62.2 Å². The second kappa shape index (κ2) is 9.51. The SMILES string of the molecule is C/C(=N\NC(=O)c1sc2ccccc2c1Cl)c1ccc(NC(=O)CCC(=O)O)cc1. The molecule has 0 unspecified atom stereocenters. The third-order valence-electron chi connectivity index (χ3n) is 4.22. The van der Waals surface area contributed by atoms with Crippen molar-refractivity contribution in [2.24, 2.45) is 5.10 Å². The van der Waals surface area contributed by atoms with E-state index in [1.807, 2.05) is 24.3 Å². The summed E-state index contributed by atoms with van der Waals surface area (Å²) in [6.45, 7) is 1.74. The van der Waals surface area contributed by atoms with Gasteiger partial charge in [0, 0.05) is 22.2 Å². The number of halogens is 1. The first kappa shape index (κ1) is 21.5. The fourth-order valence-corrected chi connectivity index (χ4v) is 4.06. The molecular weight excluding hydrogens is 426 g/mol. The Bertz CT molecular complexity index is 1140. The highest BCUT2D eigenvalue weighted by Gasteiger charge is 2.16. The summed E-state index contributed by atoms with van der Waals surface area (Å²) in [5.74, 6) is -1.78. The summed E-state index contributed by atoms with van der Waals surface area (Å²) >= 11 is 7.62. The van der Waals surface area contributed by atoms with Gasteiger partial charge in [-0.2, -0.15) is 5.10 Å². The maximum Gasteiger partial charge on any atom is 0.303 e. The second-order valence-corrected chi connectivity index (χ2v) is 7.83. The van der Waals surface area contributed by atoms with Gasteiger partial charge < -0.3 is 10.4 Å². The highest BCUT2D eigenvalue weighted by molar-refractivity contribution is 7.21. The van der Waals surface area contributed by atoms with E-state index in [4.69, 9.17) is 16.7 Å². The number of rotatable bonds is 7. The number of hydrogen-bond donors (Lipinski definition) is 3. The van der Waals surface area contributed by atoms with Crippen LogP contribution in [0.25, 0.3) is 10.1 Å². The monoisotopic (exact) mass is 443 g/mol. The van der Waals surface area contributed by atoms with Crippen molar-refractivity contribution in [2.45, 2.75) is 19.8 Å². The van der Waals surface area contributed by atoms with E-state index in [0.717, 1.165) is 15.6 Å². The predicted octanol–water partition coefficient (Wildman–Crippen LogP) is 4.51. The Labute approximate surface area is 181 Å². The summed E-state index contributed by atoms with van der Waals surface area (Å²) in [6, 6.07) is 14.4. The molecule has 0 saturated heterocycles. The van der Waals surface area contributed by atoms with Gasteiger partial charge >= 0.3 is 5.97 Å². The van der Waals surface area contributed by atoms with Gasteiger partial charge in [0.1, 0.15) is 4.88 Å². The minimum absolute atomic E-state index is 0.0934. The molecule has 3 aromatic rings. The summed E-state index contributed by atoms with van der Waals surface area (Å²) in [4.78, 5) is 35.1. The molecule has 2 aromatic carbocycles. The maximum absolute atomic E-state index is 12.5. The van der Waals surface area contributed by atoms with E-state index >= 15 is 0 Å². The Balaban J connectivity index is 1.63. The zero-order valence-electron chi connectivity index (χ0n) is 15.9. The van der Waals surface area contributed by atoms with Crippen molar-refractivity contribution in [1.29, 1.82) is 0 Å². The zero-order chi connectivity index (χ0) is 21.7. The molecule has 0 fully saturated rings. The molecule has 30 heavy (non-hydrogen) atoms. The summed E-state index contributed by atoms with van der Waals surface area (Å²) < 4.78 is 0.925. The summed E-state index contributed by atoms with van der Waals surface area (Å²) in [5.41, 5.74) is 4.39. The Hall–Kier alpha value is -3.23. The molecule has 1 heterocycles. The Morgan fingerprint density at radius 2 is 1.77 bits per heavy atom. The van der Waals surface area contributed by atoms with Gasteiger partial charge in [-0.05, 0) is 30.7 Å². The van der Waals surface area contributed by atoms with Crippen LogP contribution < -0.4 is 10.7 Å². The van der Waals surface area contributed by atoms with Gasteiger partial charge in [-0.1, -0.05) is 41.9 Å². The van der Waals surface area contributed by atoms with E-state index in [1.165, 1.54) is 11.3 Å². The molecule has 7 nitrogen and oxygen atoms in total. The van der Waals surface area contributed by atoms with Gasteiger partial charge in [-0.3, -0.25) is 14.4 Å². The summed E-state index contributed by atoms with van der Waals surface area (Å²) in [5, 5.41) is 16.6. The topological polar surface area (TPSA) is 108 Å². The summed E-state index contributed by atoms with van der Waals surface area (Å²) in [7, 11) is 0. The number of aliphatic carboxylic acids is 1. The molecule has 0 aliphatic carbocycles. The number of carboxylic acids is 1. The Morgan fingerprint density at radius 3 is 2.43 bits per heavy atom. The van der Waals surface area contributed by atoms with Gasteiger partial charge in [0.05, 0.1) is 17.2 Å². The lowest BCUT2D eigenvalue weighted by Gasteiger charge is -2.06. The van der Waals surface area contributed by atoms with Crippen LogP contribution in [0.2, 0.25) is 5.02 Å². The van der Waals surface area contributed by atoms with E-state index < -0.39 is 5.97 Å². The van der Waals surface area contributed by atoms with Crippen LogP contribution in [-0.2, 0) is 9.59 Å². The number of amides is 2. The zero-order valence-corrected chi connectivity index (χ0v) is 17.5. The van der Waals surface area contributed by atoms with Crippen molar-refractivity contribution in [3.8, 4) is 0 Å². The molecule has 3 N–H and O–H groups in total. The van der Waals surface area contributed by atoms with Crippen LogP contribution in [0.15, 0.2) is 53.6 Å². The molecule has 1 aromatic heterocycles. The van der Waals surface area contributed by atoms with Crippen molar-refractivity contribution in [3.05, 3.63) is 64.0 Å². The van der Waals surface area contributed by atoms with Crippen molar-refractivity contribution in [2.75, 3.05) is 5.32 Å². The number of benzene rings is 2. The number of fused-ring (bicyclic) bond motifs is 1. The third kappa shape index (κ3) is 5.22. The molecule has 0 aliphatic heterocycles. The van der Waals surface area contributed by atoms with Crippen LogP contribution in [0.4, 0.5) is 5.69 Å². The lowest BCUT2D eigenvalue weighted by Crippen LogP contribution is -2.18. The first-order valence-corrected chi connectivity index (χ1v) is 10.2. The first-order chi connectivity index (χ1) is 14.3. The van der Waals surface area contributed by atoms with Crippen molar-refractivity contribution in [3.63, 3.8) is 0 Å². The van der Waals surface area contributed by atoms with E-state index in [2.05, 4.69) is 15.8 Å². The molecular formula is C21H18ClN3O4S. The minimum Gasteiger partial charge on any atom is -0.481 e. The number of thiophene rings is 1. The Morgan fingerprint density at radius 1 is 1.07 bits per heavy atom. The van der Waals surface area contributed by atoms with Crippen LogP contribution in [0.1, 0.15) is 35.0 Å². The number of hydrazone groups is 1. The third-order valence-corrected chi connectivity index (χ3v) is 5.89. The molecule has 0 radical (unpaired) electrons. The van der Waals surface area contributed by atoms with Crippen LogP contribution in [-0.4, -0.2) is 28.6 Å². The molecule has 3 rings (SSSR count). The van der Waals surface area contributed by atoms with Gasteiger partial charge in [-0.25, -0.2) is 5.43 Å². The van der Waals surface area contributed by atoms with Crippen LogP contribution in [0, 0.1) is 0 Å². The number of hydrogen-bond acceptors (Lipinski definition) is 5. The van der Waals surface area contributed by atoms with Gasteiger partial charge in [0.15, 0.2) is 0 Å². The van der Waals surface area contributed by atoms with Crippen molar-refractivity contribution < 1.29 is 19.5 Å². The maximum atomic E-state index is 12.5. The van der Waals surface area contributed by atoms with Gasteiger partial charge in [0.2, 0.25) is 5.91 Å². The highest BCUT2D eigenvalue weighted by Crippen LogP contribution is 2.34. The average Bonchev–Trinajstić information content (AvgIpc) is 3.08. The standard InChI is InChI=1S/C21H18ClN3O4S/c1-12(13-6-8-14(9-7-13)23-17(26)10-11-18(27)28)24-25-21(29)20-19(22)15-4-2-3-5-16(15)30-20/h2-9H,10-11H2,1H3,(H,23,26)(H,25,29)(H,27,28)/b24-12+. The Kier molecular flexibility index (Phi) is 6.81. The molecule has 154 valence electrons.